The fourth-order valence-corrected chi connectivity index (χ4v) is 3.88. The maximum atomic E-state index is 11.3. The van der Waals surface area contributed by atoms with Crippen molar-refractivity contribution in [2.24, 2.45) is 0 Å². The van der Waals surface area contributed by atoms with Crippen molar-refractivity contribution in [1.82, 2.24) is 19.7 Å². The first kappa shape index (κ1) is 16.3. The lowest BCUT2D eigenvalue weighted by Gasteiger charge is -2.05. The predicted octanol–water partition coefficient (Wildman–Crippen LogP) is 3.10. The number of aryl methyl sites for hydroxylation is 1. The Morgan fingerprint density at radius 1 is 1.26 bits per heavy atom. The molecule has 2 aromatic carbocycles. The fourth-order valence-electron chi connectivity index (χ4n) is 3.50. The zero-order valence-corrected chi connectivity index (χ0v) is 15.5. The van der Waals surface area contributed by atoms with Crippen LogP contribution in [-0.2, 0) is 20.8 Å². The third-order valence-electron chi connectivity index (χ3n) is 4.54. The average molecular weight is 384 g/mol. The largest absolute Gasteiger partial charge is 0.453 e. The fraction of sp³-hybridized carbons (Fsp3) is 0.222. The summed E-state index contributed by atoms with van der Waals surface area (Å²) in [6.45, 7) is 2.21. The summed E-state index contributed by atoms with van der Waals surface area (Å²) in [5.41, 5.74) is 4.62. The van der Waals surface area contributed by atoms with Gasteiger partial charge >= 0.3 is 0 Å². The van der Waals surface area contributed by atoms with Gasteiger partial charge in [0.2, 0.25) is 0 Å². The second-order valence-corrected chi connectivity index (χ2v) is 8.15. The van der Waals surface area contributed by atoms with E-state index >= 15 is 0 Å². The van der Waals surface area contributed by atoms with Crippen LogP contribution in [0.4, 0.5) is 0 Å². The van der Waals surface area contributed by atoms with Crippen molar-refractivity contribution < 1.29 is 17.0 Å². The molecular formula is C18H16N4O4S. The molecule has 27 heavy (non-hydrogen) atoms. The highest BCUT2D eigenvalue weighted by atomic mass is 32.2. The number of hydrogen-bond acceptors (Lipinski definition) is 6. The number of benzene rings is 2. The van der Waals surface area contributed by atoms with Crippen LogP contribution in [0.25, 0.3) is 44.0 Å². The average Bonchev–Trinajstić information content (AvgIpc) is 3.15. The molecule has 3 aromatic heterocycles. The van der Waals surface area contributed by atoms with Crippen molar-refractivity contribution in [3.05, 3.63) is 36.2 Å². The molecule has 0 fully saturated rings. The Morgan fingerprint density at radius 3 is 2.89 bits per heavy atom. The van der Waals surface area contributed by atoms with Gasteiger partial charge in [-0.25, -0.2) is 9.97 Å². The number of aromatic amines is 1. The number of aromatic nitrogens is 4. The molecule has 0 aliphatic carbocycles. The number of rotatable bonds is 4. The van der Waals surface area contributed by atoms with Gasteiger partial charge in [0.1, 0.15) is 16.9 Å². The molecule has 9 heteroatoms. The summed E-state index contributed by atoms with van der Waals surface area (Å²) in [6, 6.07) is 9.69. The molecule has 5 rings (SSSR count). The number of hydrogen-bond donors (Lipinski definition) is 1. The molecule has 1 N–H and O–H groups in total. The zero-order valence-electron chi connectivity index (χ0n) is 14.7. The summed E-state index contributed by atoms with van der Waals surface area (Å²) >= 11 is 0. The van der Waals surface area contributed by atoms with E-state index in [9.17, 15) is 8.42 Å². The molecule has 0 unspecified atom stereocenters. The second kappa shape index (κ2) is 5.54. The van der Waals surface area contributed by atoms with Gasteiger partial charge in [0, 0.05) is 5.39 Å². The van der Waals surface area contributed by atoms with E-state index < -0.39 is 10.1 Å². The second-order valence-electron chi connectivity index (χ2n) is 6.50. The lowest BCUT2D eigenvalue weighted by atomic mass is 10.1. The number of nitrogens with one attached hydrogen (secondary N) is 1. The minimum atomic E-state index is -3.50. The van der Waals surface area contributed by atoms with Crippen molar-refractivity contribution >= 4 is 54.1 Å². The summed E-state index contributed by atoms with van der Waals surface area (Å²) in [4.78, 5) is 9.00. The molecule has 0 aliphatic rings. The summed E-state index contributed by atoms with van der Waals surface area (Å²) in [6.07, 6.45) is 1.04. The Hall–Kier alpha value is -2.91. The molecule has 0 saturated carbocycles. The molecule has 138 valence electrons. The van der Waals surface area contributed by atoms with E-state index in [0.717, 1.165) is 39.2 Å². The molecule has 0 spiro atoms. The lowest BCUT2D eigenvalue weighted by molar-refractivity contribution is 0.300. The van der Waals surface area contributed by atoms with Gasteiger partial charge in [0.15, 0.2) is 5.58 Å². The minimum Gasteiger partial charge on any atom is -0.453 e. The van der Waals surface area contributed by atoms with Gasteiger partial charge in [0.05, 0.1) is 41.3 Å². The van der Waals surface area contributed by atoms with Crippen molar-refractivity contribution in [3.63, 3.8) is 0 Å². The topological polar surface area (TPSA) is 103 Å². The zero-order chi connectivity index (χ0) is 18.8. The van der Waals surface area contributed by atoms with E-state index in [4.69, 9.17) is 8.60 Å². The van der Waals surface area contributed by atoms with Crippen molar-refractivity contribution in [2.45, 2.75) is 13.5 Å². The van der Waals surface area contributed by atoms with E-state index in [1.165, 1.54) is 0 Å². The van der Waals surface area contributed by atoms with E-state index in [1.54, 1.807) is 0 Å². The van der Waals surface area contributed by atoms with Crippen LogP contribution in [-0.4, -0.2) is 41.0 Å². The molecule has 0 amide bonds. The summed E-state index contributed by atoms with van der Waals surface area (Å²) in [5.74, 6) is 0.675. The molecular weight excluding hydrogens is 368 g/mol. The summed E-state index contributed by atoms with van der Waals surface area (Å²) in [7, 11) is -3.50. The van der Waals surface area contributed by atoms with Crippen LogP contribution >= 0.6 is 0 Å². The SMILES string of the molecule is Cc1nc2cc3c4c([nH]n3CCOS(C)(=O)=O)c3ccccc3oc4c2n1. The predicted molar refractivity (Wildman–Crippen MR) is 102 cm³/mol. The number of fused-ring (bicyclic) bond motifs is 4. The summed E-state index contributed by atoms with van der Waals surface area (Å²) in [5, 5.41) is 5.20. The first-order valence-electron chi connectivity index (χ1n) is 8.42. The van der Waals surface area contributed by atoms with Crippen LogP contribution < -0.4 is 0 Å². The van der Waals surface area contributed by atoms with E-state index in [0.29, 0.717) is 23.5 Å². The summed E-state index contributed by atoms with van der Waals surface area (Å²) < 4.78 is 35.5. The number of nitrogens with zero attached hydrogens (tertiary/aromatic N) is 3. The van der Waals surface area contributed by atoms with Gasteiger partial charge in [-0.2, -0.15) is 8.42 Å². The first-order valence-corrected chi connectivity index (χ1v) is 10.2. The quantitative estimate of drug-likeness (QED) is 0.377. The third kappa shape index (κ3) is 2.58. The standard InChI is InChI=1S/C18H16N4O4S/c1-10-19-12-9-13-15-16(21-22(13)7-8-25-27(2,23)24)11-5-3-4-6-14(11)26-18(15)17(12)20-10/h3-6,9,21H,7-8H2,1-2H3. The van der Waals surface area contributed by atoms with Crippen LogP contribution in [0.5, 0.6) is 0 Å². The van der Waals surface area contributed by atoms with Gasteiger partial charge in [-0.3, -0.25) is 14.0 Å². The Morgan fingerprint density at radius 2 is 2.07 bits per heavy atom. The van der Waals surface area contributed by atoms with E-state index in [1.807, 2.05) is 41.9 Å². The van der Waals surface area contributed by atoms with Crippen LogP contribution in [0.15, 0.2) is 34.7 Å². The lowest BCUT2D eigenvalue weighted by Crippen LogP contribution is -2.11. The number of para-hydroxylation sites is 1. The number of imidazole rings is 1. The maximum absolute atomic E-state index is 11.3. The van der Waals surface area contributed by atoms with Gasteiger partial charge in [0.25, 0.3) is 10.1 Å². The van der Waals surface area contributed by atoms with Crippen molar-refractivity contribution in [3.8, 4) is 0 Å². The third-order valence-corrected chi connectivity index (χ3v) is 5.13. The Kier molecular flexibility index (Phi) is 3.34. The first-order chi connectivity index (χ1) is 12.9. The minimum absolute atomic E-state index is 0.0279. The smallest absolute Gasteiger partial charge is 0.264 e. The van der Waals surface area contributed by atoms with Crippen LogP contribution in [0.2, 0.25) is 0 Å². The van der Waals surface area contributed by atoms with Crippen LogP contribution in [0.1, 0.15) is 5.82 Å². The van der Waals surface area contributed by atoms with Crippen molar-refractivity contribution in [1.29, 1.82) is 0 Å². The normalized spacial score (nSPS) is 12.8. The highest BCUT2D eigenvalue weighted by Crippen LogP contribution is 2.37. The molecule has 8 nitrogen and oxygen atoms in total. The molecule has 5 aromatic rings. The van der Waals surface area contributed by atoms with Gasteiger partial charge in [-0.15, -0.1) is 0 Å². The molecule has 0 atom stereocenters. The monoisotopic (exact) mass is 384 g/mol. The molecule has 0 bridgehead atoms. The molecule has 3 heterocycles. The molecule has 0 saturated heterocycles. The van der Waals surface area contributed by atoms with Gasteiger partial charge < -0.3 is 4.42 Å². The molecule has 0 radical (unpaired) electrons. The van der Waals surface area contributed by atoms with E-state index in [2.05, 4.69) is 15.1 Å². The van der Waals surface area contributed by atoms with Crippen LogP contribution in [0, 0.1) is 6.92 Å². The Balaban J connectivity index is 1.83. The Bertz CT molecular complexity index is 1440. The van der Waals surface area contributed by atoms with Gasteiger partial charge in [-0.05, 0) is 25.1 Å². The van der Waals surface area contributed by atoms with Gasteiger partial charge in [-0.1, -0.05) is 12.1 Å². The highest BCUT2D eigenvalue weighted by Gasteiger charge is 2.19. The highest BCUT2D eigenvalue weighted by molar-refractivity contribution is 7.85. The van der Waals surface area contributed by atoms with E-state index in [-0.39, 0.29) is 6.61 Å². The van der Waals surface area contributed by atoms with Crippen molar-refractivity contribution in [2.75, 3.05) is 12.9 Å². The molecule has 0 aliphatic heterocycles. The number of H-pyrrole nitrogens is 1. The maximum Gasteiger partial charge on any atom is 0.264 e. The van der Waals surface area contributed by atoms with Crippen LogP contribution in [0.3, 0.4) is 0 Å². The Labute approximate surface area is 153 Å².